The zero-order valence-electron chi connectivity index (χ0n) is 10.9. The van der Waals surface area contributed by atoms with Crippen LogP contribution < -0.4 is 5.32 Å². The number of nitrogens with one attached hydrogen (secondary N) is 1. The first-order chi connectivity index (χ1) is 8.86. The molecule has 1 aromatic heterocycles. The summed E-state index contributed by atoms with van der Waals surface area (Å²) < 4.78 is 0. The van der Waals surface area contributed by atoms with Crippen LogP contribution in [0, 0.1) is 6.92 Å². The Morgan fingerprint density at radius 2 is 1.83 bits per heavy atom. The average molecular weight is 240 g/mol. The fourth-order valence-corrected chi connectivity index (χ4v) is 2.02. The summed E-state index contributed by atoms with van der Waals surface area (Å²) in [5.41, 5.74) is 4.11. The minimum atomic E-state index is 1.01. The third kappa shape index (κ3) is 3.97. The summed E-state index contributed by atoms with van der Waals surface area (Å²) in [6, 6.07) is 12.7. The van der Waals surface area contributed by atoms with Gasteiger partial charge in [-0.25, -0.2) is 0 Å². The van der Waals surface area contributed by atoms with Gasteiger partial charge >= 0.3 is 0 Å². The molecule has 0 unspecified atom stereocenters. The summed E-state index contributed by atoms with van der Waals surface area (Å²) in [7, 11) is 0. The summed E-state index contributed by atoms with van der Waals surface area (Å²) >= 11 is 0. The molecule has 0 radical (unpaired) electrons. The van der Waals surface area contributed by atoms with E-state index in [1.54, 1.807) is 0 Å². The maximum Gasteiger partial charge on any atom is 0.0300 e. The number of hydrogen-bond donors (Lipinski definition) is 1. The molecule has 1 N–H and O–H groups in total. The molecular weight excluding hydrogens is 220 g/mol. The third-order valence-electron chi connectivity index (χ3n) is 3.15. The highest BCUT2D eigenvalue weighted by atomic mass is 14.8. The van der Waals surface area contributed by atoms with Crippen LogP contribution in [0.5, 0.6) is 0 Å². The number of aromatic nitrogens is 1. The van der Waals surface area contributed by atoms with Gasteiger partial charge in [0, 0.05) is 12.4 Å². The van der Waals surface area contributed by atoms with Crippen molar-refractivity contribution in [1.29, 1.82) is 0 Å². The van der Waals surface area contributed by atoms with Crippen LogP contribution in [0.3, 0.4) is 0 Å². The fraction of sp³-hybridized carbons (Fsp3) is 0.312. The second-order valence-corrected chi connectivity index (χ2v) is 4.54. The second kappa shape index (κ2) is 6.92. The lowest BCUT2D eigenvalue weighted by atomic mass is 10.1. The highest BCUT2D eigenvalue weighted by Gasteiger charge is 1.96. The molecule has 0 amide bonds. The molecule has 18 heavy (non-hydrogen) atoms. The molecule has 2 aromatic rings. The molecule has 0 saturated carbocycles. The molecule has 0 aliphatic carbocycles. The van der Waals surface area contributed by atoms with Crippen molar-refractivity contribution in [1.82, 2.24) is 10.3 Å². The maximum absolute atomic E-state index is 4.11. The highest BCUT2D eigenvalue weighted by Crippen LogP contribution is 2.06. The van der Waals surface area contributed by atoms with Crippen molar-refractivity contribution in [2.24, 2.45) is 0 Å². The zero-order valence-corrected chi connectivity index (χ0v) is 10.9. The molecule has 0 aliphatic heterocycles. The van der Waals surface area contributed by atoms with Gasteiger partial charge < -0.3 is 5.32 Å². The van der Waals surface area contributed by atoms with Gasteiger partial charge in [0.05, 0.1) is 0 Å². The number of benzene rings is 1. The predicted molar refractivity (Wildman–Crippen MR) is 75.7 cm³/mol. The summed E-state index contributed by atoms with van der Waals surface area (Å²) in [6.07, 6.45) is 5.89. The average Bonchev–Trinajstić information content (AvgIpc) is 2.42. The van der Waals surface area contributed by atoms with E-state index < -0.39 is 0 Å². The van der Waals surface area contributed by atoms with Crippen molar-refractivity contribution < 1.29 is 0 Å². The van der Waals surface area contributed by atoms with Gasteiger partial charge in [0.25, 0.3) is 0 Å². The molecule has 94 valence electrons. The van der Waals surface area contributed by atoms with Gasteiger partial charge in [-0.05, 0) is 55.6 Å². The molecule has 2 rings (SSSR count). The lowest BCUT2D eigenvalue weighted by molar-refractivity contribution is 0.679. The van der Waals surface area contributed by atoms with Crippen LogP contribution in [-0.2, 0) is 12.8 Å². The molecule has 0 bridgehead atoms. The quantitative estimate of drug-likeness (QED) is 0.785. The Bertz CT molecular complexity index is 466. The minimum absolute atomic E-state index is 1.01. The zero-order chi connectivity index (χ0) is 12.6. The Morgan fingerprint density at radius 1 is 1.00 bits per heavy atom. The van der Waals surface area contributed by atoms with E-state index in [1.165, 1.54) is 16.7 Å². The van der Waals surface area contributed by atoms with E-state index in [4.69, 9.17) is 0 Å². The van der Waals surface area contributed by atoms with Gasteiger partial charge in [-0.2, -0.15) is 0 Å². The standard InChI is InChI=1S/C16H20N2/c1-14-5-2-3-7-16(14)9-12-17-11-8-15-6-4-10-18-13-15/h2-7,10,13,17H,8-9,11-12H2,1H3. The normalized spacial score (nSPS) is 10.5. The van der Waals surface area contributed by atoms with Crippen LogP contribution in [0.4, 0.5) is 0 Å². The molecular formula is C16H20N2. The van der Waals surface area contributed by atoms with Crippen molar-refractivity contribution >= 4 is 0 Å². The van der Waals surface area contributed by atoms with Crippen molar-refractivity contribution in [2.75, 3.05) is 13.1 Å². The Morgan fingerprint density at radius 3 is 2.61 bits per heavy atom. The molecule has 0 aliphatic rings. The number of pyridine rings is 1. The number of aryl methyl sites for hydroxylation is 1. The van der Waals surface area contributed by atoms with Crippen LogP contribution in [0.1, 0.15) is 16.7 Å². The van der Waals surface area contributed by atoms with E-state index in [-0.39, 0.29) is 0 Å². The first kappa shape index (κ1) is 12.8. The van der Waals surface area contributed by atoms with Crippen LogP contribution in [0.25, 0.3) is 0 Å². The van der Waals surface area contributed by atoms with E-state index in [2.05, 4.69) is 47.6 Å². The van der Waals surface area contributed by atoms with Crippen LogP contribution in [0.15, 0.2) is 48.8 Å². The first-order valence-corrected chi connectivity index (χ1v) is 6.50. The van der Waals surface area contributed by atoms with Gasteiger partial charge in [0.2, 0.25) is 0 Å². The molecule has 0 fully saturated rings. The number of hydrogen-bond acceptors (Lipinski definition) is 2. The van der Waals surface area contributed by atoms with Crippen LogP contribution in [0.2, 0.25) is 0 Å². The SMILES string of the molecule is Cc1ccccc1CCNCCc1cccnc1. The fourth-order valence-electron chi connectivity index (χ4n) is 2.02. The van der Waals surface area contributed by atoms with Crippen LogP contribution >= 0.6 is 0 Å². The Hall–Kier alpha value is -1.67. The van der Waals surface area contributed by atoms with Crippen molar-refractivity contribution in [2.45, 2.75) is 19.8 Å². The monoisotopic (exact) mass is 240 g/mol. The minimum Gasteiger partial charge on any atom is -0.316 e. The van der Waals surface area contributed by atoms with E-state index in [9.17, 15) is 0 Å². The maximum atomic E-state index is 4.11. The highest BCUT2D eigenvalue weighted by molar-refractivity contribution is 5.25. The molecule has 0 saturated heterocycles. The van der Waals surface area contributed by atoms with Crippen molar-refractivity contribution in [3.63, 3.8) is 0 Å². The van der Waals surface area contributed by atoms with Gasteiger partial charge in [-0.3, -0.25) is 4.98 Å². The Kier molecular flexibility index (Phi) is 4.91. The summed E-state index contributed by atoms with van der Waals surface area (Å²) in [5, 5.41) is 3.48. The van der Waals surface area contributed by atoms with Crippen molar-refractivity contribution in [3.05, 3.63) is 65.5 Å². The van der Waals surface area contributed by atoms with Crippen LogP contribution in [-0.4, -0.2) is 18.1 Å². The Labute approximate surface area is 109 Å². The molecule has 1 heterocycles. The molecule has 2 nitrogen and oxygen atoms in total. The van der Waals surface area contributed by atoms with Gasteiger partial charge in [-0.1, -0.05) is 30.3 Å². The van der Waals surface area contributed by atoms with Gasteiger partial charge in [0.15, 0.2) is 0 Å². The largest absolute Gasteiger partial charge is 0.316 e. The summed E-state index contributed by atoms with van der Waals surface area (Å²) in [6.45, 7) is 4.22. The molecule has 1 aromatic carbocycles. The number of rotatable bonds is 6. The second-order valence-electron chi connectivity index (χ2n) is 4.54. The molecule has 0 spiro atoms. The van der Waals surface area contributed by atoms with Gasteiger partial charge in [-0.15, -0.1) is 0 Å². The predicted octanol–water partition coefficient (Wildman–Crippen LogP) is 2.76. The van der Waals surface area contributed by atoms with Gasteiger partial charge in [0.1, 0.15) is 0 Å². The van der Waals surface area contributed by atoms with Crippen molar-refractivity contribution in [3.8, 4) is 0 Å². The summed E-state index contributed by atoms with van der Waals surface area (Å²) in [4.78, 5) is 4.11. The molecule has 2 heteroatoms. The third-order valence-corrected chi connectivity index (χ3v) is 3.15. The topological polar surface area (TPSA) is 24.9 Å². The number of nitrogens with zero attached hydrogens (tertiary/aromatic N) is 1. The summed E-state index contributed by atoms with van der Waals surface area (Å²) in [5.74, 6) is 0. The van der Waals surface area contributed by atoms with E-state index in [1.807, 2.05) is 18.5 Å². The van der Waals surface area contributed by atoms with E-state index in [0.717, 1.165) is 25.9 Å². The van der Waals surface area contributed by atoms with E-state index in [0.29, 0.717) is 0 Å². The smallest absolute Gasteiger partial charge is 0.0300 e. The molecule has 0 atom stereocenters. The first-order valence-electron chi connectivity index (χ1n) is 6.50. The Balaban J connectivity index is 1.66. The van der Waals surface area contributed by atoms with E-state index >= 15 is 0 Å². The lowest BCUT2D eigenvalue weighted by Gasteiger charge is -2.07. The lowest BCUT2D eigenvalue weighted by Crippen LogP contribution is -2.20.